The van der Waals surface area contributed by atoms with Gasteiger partial charge in [0.25, 0.3) is 0 Å². The first-order valence-corrected chi connectivity index (χ1v) is 4.39. The quantitative estimate of drug-likeness (QED) is 0.693. The fourth-order valence-electron chi connectivity index (χ4n) is 1.37. The van der Waals surface area contributed by atoms with E-state index in [4.69, 9.17) is 0 Å². The third-order valence-electron chi connectivity index (χ3n) is 2.00. The molecule has 0 aliphatic heterocycles. The molecule has 2 heteroatoms. The van der Waals surface area contributed by atoms with Gasteiger partial charge < -0.3 is 0 Å². The highest BCUT2D eigenvalue weighted by Crippen LogP contribution is 2.11. The summed E-state index contributed by atoms with van der Waals surface area (Å²) in [4.78, 5) is 8.45. The molecule has 0 aliphatic carbocycles. The topological polar surface area (TPSA) is 25.8 Å². The van der Waals surface area contributed by atoms with Crippen LogP contribution in [0.4, 0.5) is 0 Å². The fraction of sp³-hybridized carbons (Fsp3) is 0.182. The maximum atomic E-state index is 4.24. The van der Waals surface area contributed by atoms with Gasteiger partial charge in [-0.15, -0.1) is 0 Å². The Hall–Kier alpha value is -1.44. The van der Waals surface area contributed by atoms with E-state index >= 15 is 0 Å². The number of hydrogen-bond donors (Lipinski definition) is 0. The molecular formula is C11H11N2. The molecule has 0 amide bonds. The Kier molecular flexibility index (Phi) is 2.21. The fourth-order valence-corrected chi connectivity index (χ4v) is 1.37. The molecule has 1 heterocycles. The van der Waals surface area contributed by atoms with Gasteiger partial charge in [-0.1, -0.05) is 13.0 Å². The molecular weight excluding hydrogens is 160 g/mol. The number of aryl methyl sites for hydroxylation is 1. The van der Waals surface area contributed by atoms with Gasteiger partial charge in [-0.05, 0) is 30.5 Å². The summed E-state index contributed by atoms with van der Waals surface area (Å²) < 4.78 is 0. The van der Waals surface area contributed by atoms with E-state index in [0.717, 1.165) is 23.9 Å². The van der Waals surface area contributed by atoms with Crippen LogP contribution >= 0.6 is 0 Å². The highest BCUT2D eigenvalue weighted by atomic mass is 14.8. The van der Waals surface area contributed by atoms with Crippen molar-refractivity contribution in [3.8, 4) is 0 Å². The van der Waals surface area contributed by atoms with Crippen molar-refractivity contribution in [2.24, 2.45) is 0 Å². The molecule has 0 N–H and O–H groups in total. The minimum atomic E-state index is 0.922. The Labute approximate surface area is 77.6 Å². The summed E-state index contributed by atoms with van der Waals surface area (Å²) in [6.45, 7) is 3.82. The predicted octanol–water partition coefficient (Wildman–Crippen LogP) is 2.40. The van der Waals surface area contributed by atoms with E-state index < -0.39 is 0 Å². The van der Waals surface area contributed by atoms with Gasteiger partial charge in [-0.3, -0.25) is 9.97 Å². The van der Waals surface area contributed by atoms with Crippen molar-refractivity contribution in [1.82, 2.24) is 9.97 Å². The van der Waals surface area contributed by atoms with Crippen LogP contribution in [0.1, 0.15) is 12.0 Å². The van der Waals surface area contributed by atoms with Gasteiger partial charge in [0.05, 0.1) is 11.0 Å². The number of benzene rings is 1. The molecule has 2 aromatic rings. The smallest absolute Gasteiger partial charge is 0.0889 e. The molecule has 0 bridgehead atoms. The summed E-state index contributed by atoms with van der Waals surface area (Å²) in [7, 11) is 0. The maximum absolute atomic E-state index is 4.24. The molecule has 0 saturated heterocycles. The van der Waals surface area contributed by atoms with Crippen LogP contribution in [-0.2, 0) is 6.42 Å². The van der Waals surface area contributed by atoms with E-state index in [1.807, 2.05) is 6.07 Å². The SMILES string of the molecule is [CH2]CCc1ccc2nccnc2c1. The minimum Gasteiger partial charge on any atom is -0.253 e. The van der Waals surface area contributed by atoms with Gasteiger partial charge in [-0.2, -0.15) is 0 Å². The molecule has 0 atom stereocenters. The Morgan fingerprint density at radius 3 is 2.62 bits per heavy atom. The number of fused-ring (bicyclic) bond motifs is 1. The average molecular weight is 171 g/mol. The average Bonchev–Trinajstić information content (AvgIpc) is 2.18. The molecule has 65 valence electrons. The first-order valence-electron chi connectivity index (χ1n) is 4.39. The lowest BCUT2D eigenvalue weighted by Gasteiger charge is -1.99. The Balaban J connectivity index is 2.49. The van der Waals surface area contributed by atoms with Crippen LogP contribution < -0.4 is 0 Å². The van der Waals surface area contributed by atoms with Crippen LogP contribution in [0.2, 0.25) is 0 Å². The predicted molar refractivity (Wildman–Crippen MR) is 53.2 cm³/mol. The van der Waals surface area contributed by atoms with Crippen LogP contribution in [-0.4, -0.2) is 9.97 Å². The van der Waals surface area contributed by atoms with Crippen LogP contribution in [0.25, 0.3) is 11.0 Å². The summed E-state index contributed by atoms with van der Waals surface area (Å²) in [6.07, 6.45) is 5.36. The molecule has 1 aromatic heterocycles. The molecule has 1 radical (unpaired) electrons. The molecule has 0 unspecified atom stereocenters. The highest BCUT2D eigenvalue weighted by Gasteiger charge is 1.96. The van der Waals surface area contributed by atoms with E-state index in [-0.39, 0.29) is 0 Å². The molecule has 0 aliphatic rings. The van der Waals surface area contributed by atoms with Crippen molar-refractivity contribution >= 4 is 11.0 Å². The molecule has 2 nitrogen and oxygen atoms in total. The first kappa shape index (κ1) is 8.17. The van der Waals surface area contributed by atoms with Crippen LogP contribution in [0.15, 0.2) is 30.6 Å². The van der Waals surface area contributed by atoms with Crippen molar-refractivity contribution in [3.05, 3.63) is 43.1 Å². The molecule has 0 saturated carbocycles. The molecule has 0 spiro atoms. The zero-order valence-corrected chi connectivity index (χ0v) is 7.40. The normalized spacial score (nSPS) is 10.5. The zero-order chi connectivity index (χ0) is 9.10. The summed E-state index contributed by atoms with van der Waals surface area (Å²) >= 11 is 0. The summed E-state index contributed by atoms with van der Waals surface area (Å²) in [5.74, 6) is 0. The van der Waals surface area contributed by atoms with Crippen LogP contribution in [0.3, 0.4) is 0 Å². The standard InChI is InChI=1S/C11H11N2/c1-2-3-9-4-5-10-11(8-9)13-7-6-12-10/h4-8H,1-3H2. The van der Waals surface area contributed by atoms with E-state index in [1.165, 1.54) is 5.56 Å². The minimum absolute atomic E-state index is 0.922. The third-order valence-corrected chi connectivity index (χ3v) is 2.00. The van der Waals surface area contributed by atoms with Crippen molar-refractivity contribution in [2.75, 3.05) is 0 Å². The summed E-state index contributed by atoms with van der Waals surface area (Å²) in [6, 6.07) is 6.17. The second-order valence-corrected chi connectivity index (χ2v) is 2.98. The first-order chi connectivity index (χ1) is 6.40. The van der Waals surface area contributed by atoms with Crippen molar-refractivity contribution in [1.29, 1.82) is 0 Å². The van der Waals surface area contributed by atoms with Gasteiger partial charge >= 0.3 is 0 Å². The number of hydrogen-bond acceptors (Lipinski definition) is 2. The lowest BCUT2D eigenvalue weighted by Crippen LogP contribution is -1.86. The van der Waals surface area contributed by atoms with Gasteiger partial charge in [-0.25, -0.2) is 0 Å². The largest absolute Gasteiger partial charge is 0.253 e. The van der Waals surface area contributed by atoms with Crippen molar-refractivity contribution < 1.29 is 0 Å². The maximum Gasteiger partial charge on any atom is 0.0889 e. The van der Waals surface area contributed by atoms with Crippen LogP contribution in [0, 0.1) is 6.92 Å². The van der Waals surface area contributed by atoms with Gasteiger partial charge in [0.15, 0.2) is 0 Å². The summed E-state index contributed by atoms with van der Waals surface area (Å²) in [5.41, 5.74) is 3.20. The zero-order valence-electron chi connectivity index (χ0n) is 7.40. The van der Waals surface area contributed by atoms with Gasteiger partial charge in [0.2, 0.25) is 0 Å². The summed E-state index contributed by atoms with van der Waals surface area (Å²) in [5, 5.41) is 0. The van der Waals surface area contributed by atoms with E-state index in [0.29, 0.717) is 0 Å². The molecule has 2 rings (SSSR count). The monoisotopic (exact) mass is 171 g/mol. The Morgan fingerprint density at radius 2 is 1.85 bits per heavy atom. The van der Waals surface area contributed by atoms with Crippen LogP contribution in [0.5, 0.6) is 0 Å². The highest BCUT2D eigenvalue weighted by molar-refractivity contribution is 5.74. The molecule has 0 fully saturated rings. The Bertz CT molecular complexity index is 410. The lowest BCUT2D eigenvalue weighted by atomic mass is 10.1. The second-order valence-electron chi connectivity index (χ2n) is 2.98. The Morgan fingerprint density at radius 1 is 1.08 bits per heavy atom. The number of aromatic nitrogens is 2. The van der Waals surface area contributed by atoms with Gasteiger partial charge in [0, 0.05) is 12.4 Å². The molecule has 13 heavy (non-hydrogen) atoms. The second kappa shape index (κ2) is 3.52. The van der Waals surface area contributed by atoms with Crippen molar-refractivity contribution in [2.45, 2.75) is 12.8 Å². The molecule has 1 aromatic carbocycles. The van der Waals surface area contributed by atoms with E-state index in [1.54, 1.807) is 12.4 Å². The lowest BCUT2D eigenvalue weighted by molar-refractivity contribution is 1.00. The van der Waals surface area contributed by atoms with E-state index in [9.17, 15) is 0 Å². The van der Waals surface area contributed by atoms with Crippen molar-refractivity contribution in [3.63, 3.8) is 0 Å². The number of nitrogens with zero attached hydrogens (tertiary/aromatic N) is 2. The van der Waals surface area contributed by atoms with Gasteiger partial charge in [0.1, 0.15) is 0 Å². The number of rotatable bonds is 2. The third kappa shape index (κ3) is 1.66. The van der Waals surface area contributed by atoms with E-state index in [2.05, 4.69) is 29.0 Å².